The molecule has 0 unspecified atom stereocenters. The van der Waals surface area contributed by atoms with Crippen molar-refractivity contribution in [3.8, 4) is 0 Å². The van der Waals surface area contributed by atoms with Gasteiger partial charge in [0.1, 0.15) is 0 Å². The van der Waals surface area contributed by atoms with Gasteiger partial charge >= 0.3 is 7.12 Å². The van der Waals surface area contributed by atoms with Gasteiger partial charge in [0.05, 0.1) is 16.8 Å². The molecule has 0 amide bonds. The average Bonchev–Trinajstić information content (AvgIpc) is 3.05. The Morgan fingerprint density at radius 2 is 1.52 bits per heavy atom. The van der Waals surface area contributed by atoms with Crippen LogP contribution in [0.3, 0.4) is 0 Å². The maximum absolute atomic E-state index is 5.95. The third-order valence-electron chi connectivity index (χ3n) is 3.82. The highest BCUT2D eigenvalue weighted by atomic mass is 16.7. The minimum atomic E-state index is -0.361. The first-order valence-electron chi connectivity index (χ1n) is 8.28. The van der Waals surface area contributed by atoms with Crippen LogP contribution in [0.2, 0.25) is 0 Å². The molecule has 0 bridgehead atoms. The van der Waals surface area contributed by atoms with E-state index in [-0.39, 0.29) is 18.3 Å². The van der Waals surface area contributed by atoms with Gasteiger partial charge in [-0.25, -0.2) is 0 Å². The second-order valence-corrected chi connectivity index (χ2v) is 6.37. The Kier molecular flexibility index (Phi) is 8.56. The van der Waals surface area contributed by atoms with Crippen molar-refractivity contribution in [3.05, 3.63) is 37.6 Å². The Morgan fingerprint density at radius 1 is 1.09 bits per heavy atom. The molecule has 23 heavy (non-hydrogen) atoms. The molecule has 0 spiro atoms. The Labute approximate surface area is 142 Å². The van der Waals surface area contributed by atoms with Crippen molar-refractivity contribution in [3.63, 3.8) is 0 Å². The minimum Gasteiger partial charge on any atom is -0.398 e. The number of nitrogens with zero attached hydrogens (tertiary/aromatic N) is 2. The normalized spacial score (nSPS) is 17.7. The van der Waals surface area contributed by atoms with Gasteiger partial charge in [-0.05, 0) is 47.6 Å². The maximum atomic E-state index is 5.95. The number of hydrogen-bond acceptors (Lipinski definition) is 3. The number of hydrogen-bond donors (Lipinski definition) is 0. The summed E-state index contributed by atoms with van der Waals surface area (Å²) in [6, 6.07) is 2.31. The van der Waals surface area contributed by atoms with E-state index >= 15 is 0 Å². The summed E-state index contributed by atoms with van der Waals surface area (Å²) in [5, 5.41) is 4.49. The molecule has 2 rings (SSSR count). The summed E-state index contributed by atoms with van der Waals surface area (Å²) >= 11 is 0. The smallest absolute Gasteiger partial charge is 0.398 e. The fourth-order valence-corrected chi connectivity index (χ4v) is 1.73. The van der Waals surface area contributed by atoms with Gasteiger partial charge in [-0.15, -0.1) is 0 Å². The molecule has 1 aromatic rings. The average molecular weight is 320 g/mol. The van der Waals surface area contributed by atoms with Crippen LogP contribution in [0.4, 0.5) is 0 Å². The zero-order valence-electron chi connectivity index (χ0n) is 16.1. The van der Waals surface area contributed by atoms with E-state index in [4.69, 9.17) is 9.31 Å². The number of rotatable bonds is 3. The van der Waals surface area contributed by atoms with E-state index < -0.39 is 0 Å². The van der Waals surface area contributed by atoms with Crippen LogP contribution in [0.5, 0.6) is 0 Å². The van der Waals surface area contributed by atoms with Crippen molar-refractivity contribution in [2.24, 2.45) is 0 Å². The second kappa shape index (κ2) is 9.09. The molecule has 0 saturated carbocycles. The van der Waals surface area contributed by atoms with Crippen molar-refractivity contribution in [2.75, 3.05) is 0 Å². The van der Waals surface area contributed by atoms with E-state index in [1.807, 2.05) is 58.5 Å². The van der Waals surface area contributed by atoms with Crippen LogP contribution in [-0.4, -0.2) is 28.1 Å². The summed E-state index contributed by atoms with van der Waals surface area (Å²) < 4.78 is 13.8. The van der Waals surface area contributed by atoms with Crippen molar-refractivity contribution in [1.29, 1.82) is 0 Å². The SMILES string of the molecule is C=CC=C.CC.CC(C)n1ccc(B2OC(C)(C)C(C)(C)O2)n1. The number of allylic oxidation sites excluding steroid dienone is 2. The molecule has 1 aromatic heterocycles. The van der Waals surface area contributed by atoms with Crippen molar-refractivity contribution >= 4 is 12.7 Å². The zero-order valence-corrected chi connectivity index (χ0v) is 16.1. The van der Waals surface area contributed by atoms with Crippen molar-refractivity contribution in [2.45, 2.75) is 72.6 Å². The molecule has 0 radical (unpaired) electrons. The summed E-state index contributed by atoms with van der Waals surface area (Å²) in [5.41, 5.74) is 0.232. The van der Waals surface area contributed by atoms with E-state index in [0.717, 1.165) is 5.59 Å². The Morgan fingerprint density at radius 3 is 1.83 bits per heavy atom. The molecule has 130 valence electrons. The van der Waals surface area contributed by atoms with Gasteiger partial charge in [0.15, 0.2) is 0 Å². The van der Waals surface area contributed by atoms with Crippen LogP contribution in [0.1, 0.15) is 61.4 Å². The van der Waals surface area contributed by atoms with Gasteiger partial charge in [-0.1, -0.05) is 39.2 Å². The molecule has 0 aromatic carbocycles. The molecule has 4 nitrogen and oxygen atoms in total. The quantitative estimate of drug-likeness (QED) is 0.620. The first kappa shape index (κ1) is 21.7. The Balaban J connectivity index is 0.000000705. The van der Waals surface area contributed by atoms with E-state index in [2.05, 4.69) is 32.1 Å². The summed E-state index contributed by atoms with van der Waals surface area (Å²) in [5.74, 6) is 0. The fourth-order valence-electron chi connectivity index (χ4n) is 1.73. The molecular formula is C18H33BN2O2. The minimum absolute atomic E-state index is 0.306. The first-order valence-corrected chi connectivity index (χ1v) is 8.28. The summed E-state index contributed by atoms with van der Waals surface area (Å²) in [6.45, 7) is 23.1. The first-order chi connectivity index (χ1) is 10.6. The van der Waals surface area contributed by atoms with Crippen LogP contribution in [0, 0.1) is 0 Å². The molecule has 2 heterocycles. The second-order valence-electron chi connectivity index (χ2n) is 6.37. The fraction of sp³-hybridized carbons (Fsp3) is 0.611. The highest BCUT2D eigenvalue weighted by Gasteiger charge is 2.52. The number of aromatic nitrogens is 2. The highest BCUT2D eigenvalue weighted by molar-refractivity contribution is 6.61. The summed E-state index contributed by atoms with van der Waals surface area (Å²) in [6.07, 6.45) is 5.24. The van der Waals surface area contributed by atoms with E-state index in [1.165, 1.54) is 0 Å². The van der Waals surface area contributed by atoms with Crippen LogP contribution in [0.15, 0.2) is 37.6 Å². The molecule has 0 aliphatic carbocycles. The molecule has 1 fully saturated rings. The lowest BCUT2D eigenvalue weighted by Gasteiger charge is -2.32. The standard InChI is InChI=1S/C12H21BN2O2.C4H6.C2H6/c1-9(2)15-8-7-10(14-15)13-16-11(3,4)12(5,6)17-13;1-3-4-2;1-2/h7-9H,1-6H3;3-4H,1-2H2;1-2H3. The van der Waals surface area contributed by atoms with Gasteiger partial charge in [-0.2, -0.15) is 5.10 Å². The van der Waals surface area contributed by atoms with E-state index in [1.54, 1.807) is 12.2 Å². The van der Waals surface area contributed by atoms with Crippen molar-refractivity contribution < 1.29 is 9.31 Å². The molecule has 1 saturated heterocycles. The lowest BCUT2D eigenvalue weighted by atomic mass is 9.85. The van der Waals surface area contributed by atoms with E-state index in [9.17, 15) is 0 Å². The summed E-state index contributed by atoms with van der Waals surface area (Å²) in [4.78, 5) is 0. The maximum Gasteiger partial charge on any atom is 0.516 e. The molecular weight excluding hydrogens is 287 g/mol. The van der Waals surface area contributed by atoms with Crippen molar-refractivity contribution in [1.82, 2.24) is 9.78 Å². The Bertz CT molecular complexity index is 471. The van der Waals surface area contributed by atoms with Gasteiger partial charge in [0.2, 0.25) is 0 Å². The van der Waals surface area contributed by atoms with Crippen LogP contribution in [-0.2, 0) is 9.31 Å². The lowest BCUT2D eigenvalue weighted by Crippen LogP contribution is -2.41. The highest BCUT2D eigenvalue weighted by Crippen LogP contribution is 2.36. The van der Waals surface area contributed by atoms with Gasteiger partial charge in [-0.3, -0.25) is 4.68 Å². The van der Waals surface area contributed by atoms with Crippen LogP contribution >= 0.6 is 0 Å². The summed E-state index contributed by atoms with van der Waals surface area (Å²) in [7, 11) is -0.361. The van der Waals surface area contributed by atoms with Gasteiger partial charge < -0.3 is 9.31 Å². The van der Waals surface area contributed by atoms with Gasteiger partial charge in [0.25, 0.3) is 0 Å². The lowest BCUT2D eigenvalue weighted by molar-refractivity contribution is 0.00578. The molecule has 5 heteroatoms. The predicted octanol–water partition coefficient (Wildman–Crippen LogP) is 4.15. The zero-order chi connectivity index (χ0) is 18.3. The third-order valence-corrected chi connectivity index (χ3v) is 3.82. The topological polar surface area (TPSA) is 36.3 Å². The molecule has 0 N–H and O–H groups in total. The monoisotopic (exact) mass is 320 g/mol. The Hall–Kier alpha value is -1.33. The van der Waals surface area contributed by atoms with Crippen LogP contribution in [0.25, 0.3) is 0 Å². The largest absolute Gasteiger partial charge is 0.516 e. The molecule has 1 aliphatic rings. The predicted molar refractivity (Wildman–Crippen MR) is 100 cm³/mol. The van der Waals surface area contributed by atoms with Crippen LogP contribution < -0.4 is 5.59 Å². The van der Waals surface area contributed by atoms with Gasteiger partial charge in [0, 0.05) is 12.2 Å². The molecule has 1 aliphatic heterocycles. The van der Waals surface area contributed by atoms with E-state index in [0.29, 0.717) is 6.04 Å². The third kappa shape index (κ3) is 5.67. The molecule has 0 atom stereocenters.